The van der Waals surface area contributed by atoms with Crippen LogP contribution in [0.15, 0.2) is 24.4 Å². The van der Waals surface area contributed by atoms with Gasteiger partial charge in [0.25, 0.3) is 5.91 Å². The second-order valence-electron chi connectivity index (χ2n) is 5.97. The number of hydrogen-bond donors (Lipinski definition) is 1. The maximum absolute atomic E-state index is 12.7. The van der Waals surface area contributed by atoms with Gasteiger partial charge in [0, 0.05) is 11.6 Å². The summed E-state index contributed by atoms with van der Waals surface area (Å²) in [4.78, 5) is 12.7. The molecular formula is C18H23N3O4. The van der Waals surface area contributed by atoms with Gasteiger partial charge in [0.15, 0.2) is 11.5 Å². The van der Waals surface area contributed by atoms with Gasteiger partial charge in [-0.15, -0.1) is 0 Å². The molecule has 1 aliphatic rings. The third kappa shape index (κ3) is 3.40. The van der Waals surface area contributed by atoms with Crippen LogP contribution in [0.3, 0.4) is 0 Å². The van der Waals surface area contributed by atoms with Crippen molar-refractivity contribution in [2.24, 2.45) is 0 Å². The summed E-state index contributed by atoms with van der Waals surface area (Å²) in [5, 5.41) is 7.31. The van der Waals surface area contributed by atoms with Crippen LogP contribution < -0.4 is 19.5 Å². The van der Waals surface area contributed by atoms with Gasteiger partial charge in [-0.3, -0.25) is 4.79 Å². The number of benzene rings is 1. The molecule has 7 heteroatoms. The second kappa shape index (κ2) is 7.46. The molecule has 1 aromatic carbocycles. The SMILES string of the molecule is COc1cc(C(=O)Nc2ccnn2C2CCCC2)cc(OC)c1OC. The largest absolute Gasteiger partial charge is 0.493 e. The predicted octanol–water partition coefficient (Wildman–Crippen LogP) is 3.28. The summed E-state index contributed by atoms with van der Waals surface area (Å²) in [6.07, 6.45) is 6.29. The lowest BCUT2D eigenvalue weighted by Gasteiger charge is -2.16. The van der Waals surface area contributed by atoms with E-state index in [1.807, 2.05) is 10.7 Å². The van der Waals surface area contributed by atoms with Crippen LogP contribution in [0.25, 0.3) is 0 Å². The highest BCUT2D eigenvalue weighted by Gasteiger charge is 2.22. The maximum atomic E-state index is 12.7. The van der Waals surface area contributed by atoms with Crippen molar-refractivity contribution in [1.29, 1.82) is 0 Å². The topological polar surface area (TPSA) is 74.6 Å². The molecule has 0 radical (unpaired) electrons. The molecule has 1 saturated carbocycles. The van der Waals surface area contributed by atoms with Crippen molar-refractivity contribution in [3.8, 4) is 17.2 Å². The molecule has 3 rings (SSSR count). The van der Waals surface area contributed by atoms with Crippen LogP contribution in [0.5, 0.6) is 17.2 Å². The van der Waals surface area contributed by atoms with Crippen molar-refractivity contribution >= 4 is 11.7 Å². The van der Waals surface area contributed by atoms with E-state index in [9.17, 15) is 4.79 Å². The lowest BCUT2D eigenvalue weighted by atomic mass is 10.1. The molecule has 1 heterocycles. The summed E-state index contributed by atoms with van der Waals surface area (Å²) in [5.74, 6) is 1.79. The average Bonchev–Trinajstić information content (AvgIpc) is 3.31. The number of aromatic nitrogens is 2. The number of nitrogens with one attached hydrogen (secondary N) is 1. The third-order valence-corrected chi connectivity index (χ3v) is 4.51. The van der Waals surface area contributed by atoms with Crippen LogP contribution in [0.2, 0.25) is 0 Å². The zero-order valence-corrected chi connectivity index (χ0v) is 14.7. The third-order valence-electron chi connectivity index (χ3n) is 4.51. The van der Waals surface area contributed by atoms with Gasteiger partial charge in [-0.2, -0.15) is 5.10 Å². The maximum Gasteiger partial charge on any atom is 0.257 e. The molecule has 134 valence electrons. The van der Waals surface area contributed by atoms with Crippen LogP contribution in [0, 0.1) is 0 Å². The fraction of sp³-hybridized carbons (Fsp3) is 0.444. The van der Waals surface area contributed by atoms with Crippen LogP contribution in [0.4, 0.5) is 5.82 Å². The fourth-order valence-electron chi connectivity index (χ4n) is 3.25. The van der Waals surface area contributed by atoms with Gasteiger partial charge in [0.05, 0.1) is 33.6 Å². The van der Waals surface area contributed by atoms with Crippen molar-refractivity contribution in [3.63, 3.8) is 0 Å². The first-order valence-electron chi connectivity index (χ1n) is 8.32. The minimum Gasteiger partial charge on any atom is -0.493 e. The Morgan fingerprint density at radius 2 is 1.76 bits per heavy atom. The van der Waals surface area contributed by atoms with Gasteiger partial charge in [-0.25, -0.2) is 4.68 Å². The average molecular weight is 345 g/mol. The Hall–Kier alpha value is -2.70. The summed E-state index contributed by atoms with van der Waals surface area (Å²) in [6, 6.07) is 5.43. The van der Waals surface area contributed by atoms with Crippen LogP contribution in [-0.2, 0) is 0 Å². The summed E-state index contributed by atoms with van der Waals surface area (Å²) in [6.45, 7) is 0. The molecular weight excluding hydrogens is 322 g/mol. The molecule has 1 amide bonds. The minimum absolute atomic E-state index is 0.251. The van der Waals surface area contributed by atoms with E-state index >= 15 is 0 Å². The second-order valence-corrected chi connectivity index (χ2v) is 5.97. The number of amides is 1. The van der Waals surface area contributed by atoms with Gasteiger partial charge in [-0.05, 0) is 25.0 Å². The standard InChI is InChI=1S/C18H23N3O4/c1-23-14-10-12(11-15(24-2)17(14)25-3)18(22)20-16-8-9-19-21(16)13-6-4-5-7-13/h8-11,13H,4-7H2,1-3H3,(H,20,22). The Morgan fingerprint density at radius 3 is 2.32 bits per heavy atom. The predicted molar refractivity (Wildman–Crippen MR) is 93.8 cm³/mol. The first-order chi connectivity index (χ1) is 12.2. The molecule has 1 N–H and O–H groups in total. The number of hydrogen-bond acceptors (Lipinski definition) is 5. The molecule has 0 saturated heterocycles. The summed E-state index contributed by atoms with van der Waals surface area (Å²) in [7, 11) is 4.57. The van der Waals surface area contributed by atoms with E-state index in [0.29, 0.717) is 34.7 Å². The van der Waals surface area contributed by atoms with Gasteiger partial charge in [-0.1, -0.05) is 12.8 Å². The van der Waals surface area contributed by atoms with Crippen LogP contribution in [0.1, 0.15) is 42.1 Å². The first-order valence-corrected chi connectivity index (χ1v) is 8.32. The molecule has 1 fully saturated rings. The zero-order chi connectivity index (χ0) is 17.8. The van der Waals surface area contributed by atoms with Gasteiger partial charge in [0.1, 0.15) is 5.82 Å². The van der Waals surface area contributed by atoms with Gasteiger partial charge in [0.2, 0.25) is 5.75 Å². The van der Waals surface area contributed by atoms with E-state index in [2.05, 4.69) is 10.4 Å². The number of rotatable bonds is 6. The minimum atomic E-state index is -0.251. The Morgan fingerprint density at radius 1 is 1.12 bits per heavy atom. The number of anilines is 1. The highest BCUT2D eigenvalue weighted by atomic mass is 16.5. The number of nitrogens with zero attached hydrogens (tertiary/aromatic N) is 2. The van der Waals surface area contributed by atoms with Crippen molar-refractivity contribution in [3.05, 3.63) is 30.0 Å². The van der Waals surface area contributed by atoms with E-state index in [0.717, 1.165) is 12.8 Å². The smallest absolute Gasteiger partial charge is 0.257 e. The van der Waals surface area contributed by atoms with E-state index in [-0.39, 0.29) is 5.91 Å². The summed E-state index contributed by atoms with van der Waals surface area (Å²) in [5.41, 5.74) is 0.425. The molecule has 1 aliphatic carbocycles. The molecule has 0 bridgehead atoms. The van der Waals surface area contributed by atoms with Crippen molar-refractivity contribution in [2.45, 2.75) is 31.7 Å². The lowest BCUT2D eigenvalue weighted by molar-refractivity contribution is 0.102. The number of ether oxygens (including phenoxy) is 3. The van der Waals surface area contributed by atoms with E-state index < -0.39 is 0 Å². The number of methoxy groups -OCH3 is 3. The molecule has 25 heavy (non-hydrogen) atoms. The molecule has 0 atom stereocenters. The molecule has 0 spiro atoms. The first kappa shape index (κ1) is 17.1. The van der Waals surface area contributed by atoms with Crippen molar-refractivity contribution < 1.29 is 19.0 Å². The monoisotopic (exact) mass is 345 g/mol. The molecule has 0 aliphatic heterocycles. The van der Waals surface area contributed by atoms with Crippen LogP contribution in [-0.4, -0.2) is 37.0 Å². The number of carbonyl (C=O) groups excluding carboxylic acids is 1. The Balaban J connectivity index is 1.85. The Kier molecular flexibility index (Phi) is 5.11. The quantitative estimate of drug-likeness (QED) is 0.870. The Bertz CT molecular complexity index is 726. The fourth-order valence-corrected chi connectivity index (χ4v) is 3.25. The van der Waals surface area contributed by atoms with Crippen molar-refractivity contribution in [1.82, 2.24) is 9.78 Å². The van der Waals surface area contributed by atoms with E-state index in [4.69, 9.17) is 14.2 Å². The summed E-state index contributed by atoms with van der Waals surface area (Å²) >= 11 is 0. The molecule has 2 aromatic rings. The van der Waals surface area contributed by atoms with E-state index in [1.54, 1.807) is 18.3 Å². The molecule has 1 aromatic heterocycles. The number of carbonyl (C=O) groups is 1. The zero-order valence-electron chi connectivity index (χ0n) is 14.7. The normalized spacial score (nSPS) is 14.4. The highest BCUT2D eigenvalue weighted by Crippen LogP contribution is 2.38. The summed E-state index contributed by atoms with van der Waals surface area (Å²) < 4.78 is 17.8. The molecule has 7 nitrogen and oxygen atoms in total. The molecule has 0 unspecified atom stereocenters. The Labute approximate surface area is 146 Å². The lowest BCUT2D eigenvalue weighted by Crippen LogP contribution is -2.18. The van der Waals surface area contributed by atoms with Gasteiger partial charge >= 0.3 is 0 Å². The van der Waals surface area contributed by atoms with E-state index in [1.165, 1.54) is 34.2 Å². The highest BCUT2D eigenvalue weighted by molar-refractivity contribution is 6.04. The van der Waals surface area contributed by atoms with Gasteiger partial charge < -0.3 is 19.5 Å². The van der Waals surface area contributed by atoms with Crippen molar-refractivity contribution in [2.75, 3.05) is 26.6 Å². The van der Waals surface area contributed by atoms with Crippen LogP contribution >= 0.6 is 0 Å².